The summed E-state index contributed by atoms with van der Waals surface area (Å²) in [7, 11) is 1.96. The SMILES string of the molecule is CN(C(=O)CCCc1cccs1)C1CCNCC1. The molecule has 0 aromatic carbocycles. The van der Waals surface area contributed by atoms with Crippen molar-refractivity contribution in [3.8, 4) is 0 Å². The molecule has 100 valence electrons. The van der Waals surface area contributed by atoms with E-state index in [4.69, 9.17) is 0 Å². The number of nitrogens with zero attached hydrogens (tertiary/aromatic N) is 1. The highest BCUT2D eigenvalue weighted by Gasteiger charge is 2.21. The van der Waals surface area contributed by atoms with E-state index in [2.05, 4.69) is 22.8 Å². The van der Waals surface area contributed by atoms with E-state index in [-0.39, 0.29) is 0 Å². The molecule has 1 aliphatic heterocycles. The van der Waals surface area contributed by atoms with Gasteiger partial charge in [-0.15, -0.1) is 11.3 Å². The van der Waals surface area contributed by atoms with E-state index in [1.54, 1.807) is 11.3 Å². The molecule has 3 nitrogen and oxygen atoms in total. The molecular weight excluding hydrogens is 244 g/mol. The van der Waals surface area contributed by atoms with Crippen LogP contribution in [0.5, 0.6) is 0 Å². The third kappa shape index (κ3) is 3.82. The van der Waals surface area contributed by atoms with Gasteiger partial charge in [0.2, 0.25) is 5.91 Å². The van der Waals surface area contributed by atoms with Crippen LogP contribution < -0.4 is 5.32 Å². The van der Waals surface area contributed by atoms with Crippen molar-refractivity contribution >= 4 is 17.2 Å². The van der Waals surface area contributed by atoms with Gasteiger partial charge in [0.1, 0.15) is 0 Å². The van der Waals surface area contributed by atoms with Gasteiger partial charge in [-0.25, -0.2) is 0 Å². The lowest BCUT2D eigenvalue weighted by atomic mass is 10.0. The number of hydrogen-bond donors (Lipinski definition) is 1. The largest absolute Gasteiger partial charge is 0.343 e. The van der Waals surface area contributed by atoms with Crippen molar-refractivity contribution in [2.24, 2.45) is 0 Å². The number of thiophene rings is 1. The van der Waals surface area contributed by atoms with Crippen LogP contribution in [0.3, 0.4) is 0 Å². The molecule has 0 atom stereocenters. The highest BCUT2D eigenvalue weighted by atomic mass is 32.1. The molecule has 18 heavy (non-hydrogen) atoms. The van der Waals surface area contributed by atoms with Crippen molar-refractivity contribution in [1.82, 2.24) is 10.2 Å². The van der Waals surface area contributed by atoms with Crippen molar-refractivity contribution in [3.05, 3.63) is 22.4 Å². The van der Waals surface area contributed by atoms with Crippen LogP contribution in [-0.2, 0) is 11.2 Å². The number of amides is 1. The summed E-state index contributed by atoms with van der Waals surface area (Å²) in [5.74, 6) is 0.304. The Morgan fingerprint density at radius 3 is 2.94 bits per heavy atom. The zero-order valence-electron chi connectivity index (χ0n) is 11.0. The molecule has 1 aliphatic rings. The number of carbonyl (C=O) groups excluding carboxylic acids is 1. The van der Waals surface area contributed by atoms with Crippen molar-refractivity contribution in [2.75, 3.05) is 20.1 Å². The van der Waals surface area contributed by atoms with Crippen molar-refractivity contribution in [1.29, 1.82) is 0 Å². The van der Waals surface area contributed by atoms with Gasteiger partial charge in [0.15, 0.2) is 0 Å². The number of piperidine rings is 1. The first-order chi connectivity index (χ1) is 8.77. The number of hydrogen-bond acceptors (Lipinski definition) is 3. The van der Waals surface area contributed by atoms with Gasteiger partial charge in [-0.2, -0.15) is 0 Å². The average molecular weight is 266 g/mol. The highest BCUT2D eigenvalue weighted by Crippen LogP contribution is 2.15. The molecule has 1 saturated heterocycles. The number of aryl methyl sites for hydroxylation is 1. The second-order valence-electron chi connectivity index (χ2n) is 4.92. The molecule has 1 amide bonds. The Labute approximate surface area is 113 Å². The fourth-order valence-electron chi connectivity index (χ4n) is 2.44. The fraction of sp³-hybridized carbons (Fsp3) is 0.643. The molecule has 0 aliphatic carbocycles. The molecule has 1 aromatic heterocycles. The molecular formula is C14H22N2OS. The van der Waals surface area contributed by atoms with Gasteiger partial charge in [-0.3, -0.25) is 4.79 Å². The lowest BCUT2D eigenvalue weighted by molar-refractivity contribution is -0.132. The summed E-state index contributed by atoms with van der Waals surface area (Å²) in [5.41, 5.74) is 0. The van der Waals surface area contributed by atoms with Gasteiger partial charge in [-0.1, -0.05) is 6.07 Å². The first kappa shape index (κ1) is 13.6. The second-order valence-corrected chi connectivity index (χ2v) is 5.95. The molecule has 0 spiro atoms. The predicted molar refractivity (Wildman–Crippen MR) is 75.9 cm³/mol. The van der Waals surface area contributed by atoms with Crippen LogP contribution >= 0.6 is 11.3 Å². The van der Waals surface area contributed by atoms with Crippen molar-refractivity contribution in [3.63, 3.8) is 0 Å². The molecule has 1 aromatic rings. The van der Waals surface area contributed by atoms with Crippen LogP contribution in [0, 0.1) is 0 Å². The summed E-state index contributed by atoms with van der Waals surface area (Å²) < 4.78 is 0. The predicted octanol–water partition coefficient (Wildman–Crippen LogP) is 2.28. The van der Waals surface area contributed by atoms with Gasteiger partial charge in [-0.05, 0) is 50.2 Å². The summed E-state index contributed by atoms with van der Waals surface area (Å²) in [6.45, 7) is 2.08. The molecule has 0 bridgehead atoms. The second kappa shape index (κ2) is 6.90. The summed E-state index contributed by atoms with van der Waals surface area (Å²) in [6, 6.07) is 4.66. The molecule has 0 radical (unpaired) electrons. The molecule has 0 unspecified atom stereocenters. The van der Waals surface area contributed by atoms with Gasteiger partial charge in [0.25, 0.3) is 0 Å². The minimum atomic E-state index is 0.304. The van der Waals surface area contributed by atoms with Gasteiger partial charge >= 0.3 is 0 Å². The Balaban J connectivity index is 1.70. The number of rotatable bonds is 5. The molecule has 2 heterocycles. The third-order valence-corrected chi connectivity index (χ3v) is 4.58. The van der Waals surface area contributed by atoms with E-state index in [0.717, 1.165) is 38.8 Å². The van der Waals surface area contributed by atoms with Crippen molar-refractivity contribution in [2.45, 2.75) is 38.1 Å². The van der Waals surface area contributed by atoms with E-state index in [9.17, 15) is 4.79 Å². The third-order valence-electron chi connectivity index (χ3n) is 3.64. The lowest BCUT2D eigenvalue weighted by Crippen LogP contribution is -2.43. The minimum absolute atomic E-state index is 0.304. The van der Waals surface area contributed by atoms with Crippen LogP contribution in [0.2, 0.25) is 0 Å². The summed E-state index contributed by atoms with van der Waals surface area (Å²) in [4.78, 5) is 15.4. The quantitative estimate of drug-likeness (QED) is 0.887. The van der Waals surface area contributed by atoms with Gasteiger partial charge < -0.3 is 10.2 Å². The standard InChI is InChI=1S/C14H22N2OS/c1-16(12-7-9-15-10-8-12)14(17)6-2-4-13-5-3-11-18-13/h3,5,11-12,15H,2,4,6-10H2,1H3. The molecule has 1 fully saturated rings. The summed E-state index contributed by atoms with van der Waals surface area (Å²) >= 11 is 1.78. The molecule has 1 N–H and O–H groups in total. The normalized spacial score (nSPS) is 16.7. The first-order valence-corrected chi connectivity index (χ1v) is 7.64. The highest BCUT2D eigenvalue weighted by molar-refractivity contribution is 7.09. The summed E-state index contributed by atoms with van der Waals surface area (Å²) in [5, 5.41) is 5.43. The smallest absolute Gasteiger partial charge is 0.222 e. The molecule has 2 rings (SSSR count). The van der Waals surface area contributed by atoms with Crippen LogP contribution in [0.1, 0.15) is 30.6 Å². The zero-order valence-corrected chi connectivity index (χ0v) is 11.8. The van der Waals surface area contributed by atoms with Crippen LogP contribution in [-0.4, -0.2) is 37.0 Å². The maximum atomic E-state index is 12.1. The van der Waals surface area contributed by atoms with Crippen LogP contribution in [0.15, 0.2) is 17.5 Å². The van der Waals surface area contributed by atoms with E-state index in [1.807, 2.05) is 11.9 Å². The number of nitrogens with one attached hydrogen (secondary N) is 1. The monoisotopic (exact) mass is 266 g/mol. The Kier molecular flexibility index (Phi) is 5.20. The van der Waals surface area contributed by atoms with Crippen molar-refractivity contribution < 1.29 is 4.79 Å². The Hall–Kier alpha value is -0.870. The topological polar surface area (TPSA) is 32.3 Å². The fourth-order valence-corrected chi connectivity index (χ4v) is 3.19. The lowest BCUT2D eigenvalue weighted by Gasteiger charge is -2.31. The maximum absolute atomic E-state index is 12.1. The van der Waals surface area contributed by atoms with E-state index < -0.39 is 0 Å². The zero-order chi connectivity index (χ0) is 12.8. The maximum Gasteiger partial charge on any atom is 0.222 e. The van der Waals surface area contributed by atoms with E-state index in [1.165, 1.54) is 4.88 Å². The Bertz CT molecular complexity index is 358. The Morgan fingerprint density at radius 1 is 1.50 bits per heavy atom. The van der Waals surface area contributed by atoms with Gasteiger partial charge in [0, 0.05) is 24.4 Å². The van der Waals surface area contributed by atoms with E-state index >= 15 is 0 Å². The minimum Gasteiger partial charge on any atom is -0.343 e. The van der Waals surface area contributed by atoms with Crippen LogP contribution in [0.4, 0.5) is 0 Å². The summed E-state index contributed by atoms with van der Waals surface area (Å²) in [6.07, 6.45) is 4.86. The average Bonchev–Trinajstić information content (AvgIpc) is 2.92. The van der Waals surface area contributed by atoms with E-state index in [0.29, 0.717) is 18.4 Å². The molecule has 4 heteroatoms. The molecule has 0 saturated carbocycles. The Morgan fingerprint density at radius 2 is 2.28 bits per heavy atom. The first-order valence-electron chi connectivity index (χ1n) is 6.76. The van der Waals surface area contributed by atoms with Crippen LogP contribution in [0.25, 0.3) is 0 Å². The van der Waals surface area contributed by atoms with Gasteiger partial charge in [0.05, 0.1) is 0 Å². The number of carbonyl (C=O) groups is 1.